The highest BCUT2D eigenvalue weighted by molar-refractivity contribution is 6.36. The Balaban J connectivity index is 1.83. The van der Waals surface area contributed by atoms with Crippen molar-refractivity contribution in [1.29, 1.82) is 0 Å². The van der Waals surface area contributed by atoms with E-state index in [2.05, 4.69) is 5.32 Å². The van der Waals surface area contributed by atoms with Gasteiger partial charge in [0.25, 0.3) is 5.91 Å². The van der Waals surface area contributed by atoms with E-state index in [9.17, 15) is 9.18 Å². The molecule has 2 aromatic carbocycles. The number of benzene rings is 2. The van der Waals surface area contributed by atoms with Crippen molar-refractivity contribution in [3.8, 4) is 0 Å². The highest BCUT2D eigenvalue weighted by atomic mass is 19.1. The van der Waals surface area contributed by atoms with Crippen LogP contribution in [-0.4, -0.2) is 26.4 Å². The molecule has 6 heteroatoms. The van der Waals surface area contributed by atoms with E-state index in [1.54, 1.807) is 20.3 Å². The number of carbonyl (C=O) groups excluding carboxylic acids is 1. The first kappa shape index (κ1) is 18.7. The van der Waals surface area contributed by atoms with Gasteiger partial charge in [-0.1, -0.05) is 18.2 Å². The second-order valence-electron chi connectivity index (χ2n) is 7.45. The fourth-order valence-corrected chi connectivity index (χ4v) is 3.79. The van der Waals surface area contributed by atoms with E-state index in [1.807, 2.05) is 32.0 Å². The Labute approximate surface area is 163 Å². The Morgan fingerprint density at radius 2 is 1.86 bits per heavy atom. The molecule has 0 aliphatic carbocycles. The second-order valence-corrected chi connectivity index (χ2v) is 7.45. The molecule has 0 bridgehead atoms. The molecule has 0 saturated carbocycles. The topological polar surface area (TPSA) is 56.8 Å². The van der Waals surface area contributed by atoms with Gasteiger partial charge in [0.05, 0.1) is 5.57 Å². The molecule has 28 heavy (non-hydrogen) atoms. The normalized spacial score (nSPS) is 19.4. The predicted octanol–water partition coefficient (Wildman–Crippen LogP) is 4.07. The number of carbonyl (C=O) groups is 1. The summed E-state index contributed by atoms with van der Waals surface area (Å²) in [5.41, 5.74) is 3.69. The van der Waals surface area contributed by atoms with Gasteiger partial charge in [-0.3, -0.25) is 4.79 Å². The van der Waals surface area contributed by atoms with Gasteiger partial charge in [0.15, 0.2) is 6.29 Å². The molecule has 2 aromatic rings. The molecule has 1 N–H and O–H groups in total. The van der Waals surface area contributed by atoms with Gasteiger partial charge in [0.2, 0.25) is 0 Å². The average molecular weight is 383 g/mol. The standard InChI is InChI=1S/C22H22FNO4/c1-22(2)16-9-12(10-18(26-3)27-4)5-7-14(16)20(28-22)19-15-11-13(23)6-8-17(15)24-21(19)25/h5-9,11,18H,10H2,1-4H3,(H,24,25)/b20-19+. The van der Waals surface area contributed by atoms with Crippen LogP contribution >= 0.6 is 0 Å². The summed E-state index contributed by atoms with van der Waals surface area (Å²) < 4.78 is 30.6. The van der Waals surface area contributed by atoms with Crippen molar-refractivity contribution in [2.24, 2.45) is 0 Å². The van der Waals surface area contributed by atoms with Crippen molar-refractivity contribution in [2.45, 2.75) is 32.2 Å². The number of halogens is 1. The number of hydrogen-bond donors (Lipinski definition) is 1. The zero-order valence-corrected chi connectivity index (χ0v) is 16.3. The van der Waals surface area contributed by atoms with Gasteiger partial charge >= 0.3 is 0 Å². The average Bonchev–Trinajstić information content (AvgIpc) is 3.12. The second kappa shape index (κ2) is 6.72. The molecule has 0 aromatic heterocycles. The van der Waals surface area contributed by atoms with E-state index in [-0.39, 0.29) is 12.2 Å². The Hall–Kier alpha value is -2.70. The van der Waals surface area contributed by atoms with Crippen LogP contribution in [0.4, 0.5) is 10.1 Å². The maximum atomic E-state index is 13.8. The number of rotatable bonds is 4. The third-order valence-electron chi connectivity index (χ3n) is 5.22. The molecule has 0 saturated heterocycles. The van der Waals surface area contributed by atoms with Gasteiger partial charge in [-0.05, 0) is 37.6 Å². The minimum atomic E-state index is -0.625. The molecule has 1 amide bonds. The van der Waals surface area contributed by atoms with Crippen LogP contribution in [0, 0.1) is 5.82 Å². The van der Waals surface area contributed by atoms with Crippen molar-refractivity contribution >= 4 is 22.9 Å². The predicted molar refractivity (Wildman–Crippen MR) is 104 cm³/mol. The first-order valence-corrected chi connectivity index (χ1v) is 9.08. The first-order valence-electron chi connectivity index (χ1n) is 9.08. The van der Waals surface area contributed by atoms with E-state index in [1.165, 1.54) is 12.1 Å². The zero-order valence-electron chi connectivity index (χ0n) is 16.3. The minimum absolute atomic E-state index is 0.290. The summed E-state index contributed by atoms with van der Waals surface area (Å²) in [7, 11) is 3.21. The summed E-state index contributed by atoms with van der Waals surface area (Å²) in [4.78, 5) is 12.6. The number of nitrogens with one attached hydrogen (secondary N) is 1. The van der Waals surface area contributed by atoms with Crippen molar-refractivity contribution in [3.05, 3.63) is 64.5 Å². The lowest BCUT2D eigenvalue weighted by molar-refractivity contribution is -0.110. The molecule has 0 radical (unpaired) electrons. The van der Waals surface area contributed by atoms with Crippen LogP contribution in [-0.2, 0) is 31.0 Å². The molecule has 2 heterocycles. The monoisotopic (exact) mass is 383 g/mol. The van der Waals surface area contributed by atoms with Crippen LogP contribution in [0.1, 0.15) is 36.1 Å². The Morgan fingerprint density at radius 3 is 2.57 bits per heavy atom. The summed E-state index contributed by atoms with van der Waals surface area (Å²) in [6.07, 6.45) is 0.258. The summed E-state index contributed by atoms with van der Waals surface area (Å²) in [6, 6.07) is 10.2. The molecule has 0 unspecified atom stereocenters. The van der Waals surface area contributed by atoms with E-state index in [0.29, 0.717) is 29.0 Å². The number of fused-ring (bicyclic) bond motifs is 2. The Bertz CT molecular complexity index is 992. The van der Waals surface area contributed by atoms with Crippen LogP contribution < -0.4 is 5.32 Å². The van der Waals surface area contributed by atoms with Gasteiger partial charge < -0.3 is 19.5 Å². The van der Waals surface area contributed by atoms with E-state index in [0.717, 1.165) is 16.7 Å². The smallest absolute Gasteiger partial charge is 0.260 e. The molecule has 0 fully saturated rings. The minimum Gasteiger partial charge on any atom is -0.482 e. The zero-order chi connectivity index (χ0) is 20.1. The summed E-state index contributed by atoms with van der Waals surface area (Å²) in [6.45, 7) is 3.90. The quantitative estimate of drug-likeness (QED) is 0.639. The maximum absolute atomic E-state index is 13.8. The lowest BCUT2D eigenvalue weighted by atomic mass is 9.91. The van der Waals surface area contributed by atoms with Crippen LogP contribution in [0.15, 0.2) is 36.4 Å². The summed E-state index contributed by atoms with van der Waals surface area (Å²) in [5, 5.41) is 2.79. The van der Waals surface area contributed by atoms with E-state index in [4.69, 9.17) is 14.2 Å². The first-order chi connectivity index (χ1) is 13.3. The highest BCUT2D eigenvalue weighted by Gasteiger charge is 2.40. The van der Waals surface area contributed by atoms with Crippen molar-refractivity contribution in [2.75, 3.05) is 19.5 Å². The fourth-order valence-electron chi connectivity index (χ4n) is 3.79. The maximum Gasteiger partial charge on any atom is 0.260 e. The van der Waals surface area contributed by atoms with Crippen molar-refractivity contribution in [3.63, 3.8) is 0 Å². The van der Waals surface area contributed by atoms with E-state index < -0.39 is 11.4 Å². The molecular formula is C22H22FNO4. The van der Waals surface area contributed by atoms with Gasteiger partial charge in [-0.2, -0.15) is 0 Å². The van der Waals surface area contributed by atoms with E-state index >= 15 is 0 Å². The van der Waals surface area contributed by atoms with Gasteiger partial charge in [-0.15, -0.1) is 0 Å². The lowest BCUT2D eigenvalue weighted by Crippen LogP contribution is -2.18. The Morgan fingerprint density at radius 1 is 1.11 bits per heavy atom. The molecule has 146 valence electrons. The Kier molecular flexibility index (Phi) is 4.48. The third kappa shape index (κ3) is 2.99. The molecule has 5 nitrogen and oxygen atoms in total. The lowest BCUT2D eigenvalue weighted by Gasteiger charge is -2.20. The van der Waals surface area contributed by atoms with Crippen LogP contribution in [0.3, 0.4) is 0 Å². The molecule has 4 rings (SSSR count). The summed E-state index contributed by atoms with van der Waals surface area (Å²) in [5.74, 6) is -0.211. The SMILES string of the molecule is COC(Cc1ccc2c(c1)C(C)(C)O/C2=C1/C(=O)Nc2ccc(F)cc21)OC. The number of methoxy groups -OCH3 is 2. The largest absolute Gasteiger partial charge is 0.482 e. The third-order valence-corrected chi connectivity index (χ3v) is 5.22. The molecule has 2 aliphatic heterocycles. The van der Waals surface area contributed by atoms with Gasteiger partial charge in [0.1, 0.15) is 17.2 Å². The molecular weight excluding hydrogens is 361 g/mol. The van der Waals surface area contributed by atoms with Crippen LogP contribution in [0.25, 0.3) is 11.3 Å². The van der Waals surface area contributed by atoms with Crippen molar-refractivity contribution < 1.29 is 23.4 Å². The summed E-state index contributed by atoms with van der Waals surface area (Å²) >= 11 is 0. The molecule has 2 aliphatic rings. The van der Waals surface area contributed by atoms with Gasteiger partial charge in [-0.25, -0.2) is 4.39 Å². The molecule has 0 spiro atoms. The number of anilines is 1. The number of hydrogen-bond acceptors (Lipinski definition) is 4. The van der Waals surface area contributed by atoms with Gasteiger partial charge in [0, 0.05) is 43.0 Å². The van der Waals surface area contributed by atoms with Crippen LogP contribution in [0.2, 0.25) is 0 Å². The number of ether oxygens (including phenoxy) is 3. The van der Waals surface area contributed by atoms with Crippen molar-refractivity contribution in [1.82, 2.24) is 0 Å². The highest BCUT2D eigenvalue weighted by Crippen LogP contribution is 2.48. The number of amides is 1. The van der Waals surface area contributed by atoms with Crippen LogP contribution in [0.5, 0.6) is 0 Å². The molecule has 0 atom stereocenters. The fraction of sp³-hybridized carbons (Fsp3) is 0.318.